The van der Waals surface area contributed by atoms with Gasteiger partial charge < -0.3 is 10.1 Å². The summed E-state index contributed by atoms with van der Waals surface area (Å²) in [5.74, 6) is -0.673. The average Bonchev–Trinajstić information content (AvgIpc) is 3.24. The Balaban J connectivity index is 1.92. The Labute approximate surface area is 117 Å². The van der Waals surface area contributed by atoms with Crippen LogP contribution in [0.5, 0.6) is 5.75 Å². The van der Waals surface area contributed by atoms with E-state index in [4.69, 9.17) is 10.00 Å². The van der Waals surface area contributed by atoms with E-state index in [9.17, 15) is 9.18 Å². The largest absolute Gasteiger partial charge is 0.481 e. The number of hydrogen-bond acceptors (Lipinski definition) is 3. The molecule has 0 unspecified atom stereocenters. The summed E-state index contributed by atoms with van der Waals surface area (Å²) in [5, 5.41) is 11.8. The van der Waals surface area contributed by atoms with Crippen LogP contribution in [0.3, 0.4) is 0 Å². The molecule has 1 aliphatic carbocycles. The smallest absolute Gasteiger partial charge is 0.259 e. The number of rotatable bonds is 5. The minimum absolute atomic E-state index is 0.0465. The monoisotopic (exact) mass is 276 g/mol. The van der Waals surface area contributed by atoms with Crippen LogP contribution in [0.2, 0.25) is 0 Å². The molecule has 0 spiro atoms. The molecular weight excluding hydrogens is 259 g/mol. The minimum atomic E-state index is -0.856. The third kappa shape index (κ3) is 3.27. The number of aryl methyl sites for hydroxylation is 1. The van der Waals surface area contributed by atoms with Crippen molar-refractivity contribution in [3.63, 3.8) is 0 Å². The molecule has 1 aromatic rings. The molecule has 1 saturated carbocycles. The zero-order chi connectivity index (χ0) is 14.8. The maximum atomic E-state index is 13.5. The second-order valence-corrected chi connectivity index (χ2v) is 5.36. The van der Waals surface area contributed by atoms with Gasteiger partial charge in [0.05, 0.1) is 6.07 Å². The van der Waals surface area contributed by atoms with Crippen LogP contribution >= 0.6 is 0 Å². The van der Waals surface area contributed by atoms with E-state index in [1.54, 1.807) is 13.0 Å². The lowest BCUT2D eigenvalue weighted by Crippen LogP contribution is -2.48. The van der Waals surface area contributed by atoms with E-state index in [2.05, 4.69) is 11.4 Å². The number of carbonyl (C=O) groups is 1. The van der Waals surface area contributed by atoms with E-state index in [-0.39, 0.29) is 18.3 Å². The number of halogens is 1. The summed E-state index contributed by atoms with van der Waals surface area (Å²) >= 11 is 0. The van der Waals surface area contributed by atoms with Crippen molar-refractivity contribution in [2.45, 2.75) is 32.2 Å². The van der Waals surface area contributed by atoms with Crippen molar-refractivity contribution in [3.8, 4) is 11.8 Å². The van der Waals surface area contributed by atoms with Gasteiger partial charge >= 0.3 is 0 Å². The molecule has 106 valence electrons. The van der Waals surface area contributed by atoms with Crippen molar-refractivity contribution in [2.75, 3.05) is 6.61 Å². The van der Waals surface area contributed by atoms with Crippen molar-refractivity contribution in [2.24, 2.45) is 5.92 Å². The molecule has 1 aromatic carbocycles. The van der Waals surface area contributed by atoms with E-state index in [1.165, 1.54) is 12.1 Å². The molecule has 2 rings (SSSR count). The Morgan fingerprint density at radius 3 is 2.90 bits per heavy atom. The third-order valence-electron chi connectivity index (χ3n) is 3.47. The van der Waals surface area contributed by atoms with Gasteiger partial charge in [-0.1, -0.05) is 6.07 Å². The molecule has 1 atom stereocenters. The van der Waals surface area contributed by atoms with Gasteiger partial charge in [0.25, 0.3) is 5.91 Å². The first-order chi connectivity index (χ1) is 9.44. The predicted octanol–water partition coefficient (Wildman–Crippen LogP) is 2.32. The van der Waals surface area contributed by atoms with Gasteiger partial charge in [-0.3, -0.25) is 4.79 Å². The lowest BCUT2D eigenvalue weighted by Gasteiger charge is -2.22. The Morgan fingerprint density at radius 2 is 2.30 bits per heavy atom. The zero-order valence-corrected chi connectivity index (χ0v) is 11.6. The fourth-order valence-corrected chi connectivity index (χ4v) is 2.07. The van der Waals surface area contributed by atoms with E-state index < -0.39 is 17.3 Å². The lowest BCUT2D eigenvalue weighted by atomic mass is 9.98. The molecule has 0 saturated heterocycles. The molecule has 4 nitrogen and oxygen atoms in total. The lowest BCUT2D eigenvalue weighted by molar-refractivity contribution is -0.124. The van der Waals surface area contributed by atoms with E-state index in [0.717, 1.165) is 18.4 Å². The van der Waals surface area contributed by atoms with Crippen LogP contribution in [0.1, 0.15) is 25.3 Å². The highest BCUT2D eigenvalue weighted by molar-refractivity contribution is 5.79. The van der Waals surface area contributed by atoms with Crippen LogP contribution in [-0.4, -0.2) is 18.1 Å². The van der Waals surface area contributed by atoms with Crippen molar-refractivity contribution >= 4 is 5.91 Å². The molecule has 0 heterocycles. The van der Waals surface area contributed by atoms with Crippen LogP contribution in [-0.2, 0) is 4.79 Å². The van der Waals surface area contributed by atoms with Gasteiger partial charge in [0.1, 0.15) is 5.54 Å². The summed E-state index contributed by atoms with van der Waals surface area (Å²) in [4.78, 5) is 11.8. The third-order valence-corrected chi connectivity index (χ3v) is 3.47. The van der Waals surface area contributed by atoms with Gasteiger partial charge in [0.2, 0.25) is 0 Å². The number of nitriles is 1. The fraction of sp³-hybridized carbons (Fsp3) is 0.467. The van der Waals surface area contributed by atoms with E-state index >= 15 is 0 Å². The summed E-state index contributed by atoms with van der Waals surface area (Å²) in [6.45, 7) is 3.21. The maximum absolute atomic E-state index is 13.5. The van der Waals surface area contributed by atoms with Crippen LogP contribution in [0.15, 0.2) is 18.2 Å². The Morgan fingerprint density at radius 1 is 1.60 bits per heavy atom. The first-order valence-electron chi connectivity index (χ1n) is 6.56. The summed E-state index contributed by atoms with van der Waals surface area (Å²) < 4.78 is 18.6. The number of nitrogens with one attached hydrogen (secondary N) is 1. The van der Waals surface area contributed by atoms with Gasteiger partial charge in [-0.05, 0) is 50.3 Å². The normalized spacial score (nSPS) is 16.9. The summed E-state index contributed by atoms with van der Waals surface area (Å²) in [5.41, 5.74) is -0.00681. The standard InChI is InChI=1S/C15H17FN2O2/c1-10-3-6-12(16)13(7-10)20-8-14(19)18-15(2,9-17)11-4-5-11/h3,6-7,11H,4-5,8H2,1-2H3,(H,18,19)/t15-/m1/s1. The second-order valence-electron chi connectivity index (χ2n) is 5.36. The molecule has 1 fully saturated rings. The Hall–Kier alpha value is -2.09. The molecule has 1 amide bonds. The van der Waals surface area contributed by atoms with Crippen LogP contribution < -0.4 is 10.1 Å². The van der Waals surface area contributed by atoms with E-state index in [0.29, 0.717) is 0 Å². The molecule has 1 aliphatic rings. The molecule has 20 heavy (non-hydrogen) atoms. The quantitative estimate of drug-likeness (QED) is 0.897. The van der Waals surface area contributed by atoms with Crippen LogP contribution in [0.25, 0.3) is 0 Å². The van der Waals surface area contributed by atoms with Crippen molar-refractivity contribution in [1.82, 2.24) is 5.32 Å². The highest BCUT2D eigenvalue weighted by Gasteiger charge is 2.43. The van der Waals surface area contributed by atoms with Gasteiger partial charge in [-0.2, -0.15) is 5.26 Å². The molecule has 0 aromatic heterocycles. The van der Waals surface area contributed by atoms with Gasteiger partial charge in [-0.15, -0.1) is 0 Å². The zero-order valence-electron chi connectivity index (χ0n) is 11.6. The van der Waals surface area contributed by atoms with Crippen molar-refractivity contribution in [3.05, 3.63) is 29.6 Å². The first kappa shape index (κ1) is 14.3. The molecular formula is C15H17FN2O2. The molecule has 1 N–H and O–H groups in total. The van der Waals surface area contributed by atoms with Crippen molar-refractivity contribution in [1.29, 1.82) is 5.26 Å². The molecule has 0 aliphatic heterocycles. The number of carbonyl (C=O) groups excluding carboxylic acids is 1. The van der Waals surface area contributed by atoms with Crippen molar-refractivity contribution < 1.29 is 13.9 Å². The number of hydrogen-bond donors (Lipinski definition) is 1. The number of amides is 1. The summed E-state index contributed by atoms with van der Waals surface area (Å²) in [7, 11) is 0. The van der Waals surface area contributed by atoms with Gasteiger partial charge in [0, 0.05) is 0 Å². The second kappa shape index (κ2) is 5.49. The van der Waals surface area contributed by atoms with Gasteiger partial charge in [-0.25, -0.2) is 4.39 Å². The number of nitrogens with zero attached hydrogens (tertiary/aromatic N) is 1. The summed E-state index contributed by atoms with van der Waals surface area (Å²) in [6, 6.07) is 6.59. The topological polar surface area (TPSA) is 62.1 Å². The fourth-order valence-electron chi connectivity index (χ4n) is 2.07. The van der Waals surface area contributed by atoms with Crippen LogP contribution in [0, 0.1) is 30.0 Å². The maximum Gasteiger partial charge on any atom is 0.259 e. The molecule has 0 bridgehead atoms. The number of ether oxygens (including phenoxy) is 1. The molecule has 5 heteroatoms. The Kier molecular flexibility index (Phi) is 3.93. The number of benzene rings is 1. The van der Waals surface area contributed by atoms with E-state index in [1.807, 2.05) is 6.92 Å². The van der Waals surface area contributed by atoms with Crippen LogP contribution in [0.4, 0.5) is 4.39 Å². The Bertz CT molecular complexity index is 563. The molecule has 0 radical (unpaired) electrons. The summed E-state index contributed by atoms with van der Waals surface area (Å²) in [6.07, 6.45) is 1.88. The minimum Gasteiger partial charge on any atom is -0.481 e. The highest BCUT2D eigenvalue weighted by Crippen LogP contribution is 2.39. The average molecular weight is 276 g/mol. The SMILES string of the molecule is Cc1ccc(F)c(OCC(=O)N[C@](C)(C#N)C2CC2)c1. The van der Waals surface area contributed by atoms with Gasteiger partial charge in [0.15, 0.2) is 18.2 Å². The predicted molar refractivity (Wildman–Crippen MR) is 71.5 cm³/mol. The first-order valence-corrected chi connectivity index (χ1v) is 6.56. The highest BCUT2D eigenvalue weighted by atomic mass is 19.1.